The van der Waals surface area contributed by atoms with Crippen LogP contribution < -0.4 is 4.90 Å². The Morgan fingerprint density at radius 3 is 2.40 bits per heavy atom. The molecule has 4 rings (SSSR count). The van der Waals surface area contributed by atoms with E-state index < -0.39 is 0 Å². The van der Waals surface area contributed by atoms with Gasteiger partial charge in [-0.05, 0) is 48.4 Å². The number of hydrogen-bond donors (Lipinski definition) is 2. The number of hydrogen-bond acceptors (Lipinski definition) is 4. The lowest BCUT2D eigenvalue weighted by Crippen LogP contribution is -2.12. The van der Waals surface area contributed by atoms with Gasteiger partial charge >= 0.3 is 0 Å². The smallest absolute Gasteiger partial charge is 0.0878 e. The fourth-order valence-corrected chi connectivity index (χ4v) is 4.09. The predicted molar refractivity (Wildman–Crippen MR) is 123 cm³/mol. The van der Waals surface area contributed by atoms with E-state index in [0.717, 1.165) is 22.5 Å². The van der Waals surface area contributed by atoms with Crippen LogP contribution in [0.5, 0.6) is 0 Å². The van der Waals surface area contributed by atoms with E-state index >= 15 is 0 Å². The van der Waals surface area contributed by atoms with Gasteiger partial charge in [-0.2, -0.15) is 0 Å². The first-order valence-corrected chi connectivity index (χ1v) is 10.0. The average molecular weight is 399 g/mol. The van der Waals surface area contributed by atoms with Gasteiger partial charge < -0.3 is 15.1 Å². The molecule has 152 valence electrons. The fourth-order valence-electron chi connectivity index (χ4n) is 4.09. The van der Waals surface area contributed by atoms with E-state index in [1.165, 1.54) is 16.5 Å². The number of H-pyrrole nitrogens is 1. The van der Waals surface area contributed by atoms with Gasteiger partial charge in [0.2, 0.25) is 0 Å². The van der Waals surface area contributed by atoms with E-state index in [4.69, 9.17) is 0 Å². The molecule has 2 heterocycles. The molecule has 0 spiro atoms. The van der Waals surface area contributed by atoms with Gasteiger partial charge in [0, 0.05) is 66.7 Å². The summed E-state index contributed by atoms with van der Waals surface area (Å²) in [7, 11) is 4.08. The number of benzene rings is 2. The number of anilines is 1. The maximum Gasteiger partial charge on any atom is 0.0878 e. The van der Waals surface area contributed by atoms with Crippen LogP contribution in [0.25, 0.3) is 10.9 Å². The molecule has 0 aliphatic rings. The minimum atomic E-state index is 0.0384. The Hall–Kier alpha value is -3.60. The molecule has 1 unspecified atom stereocenters. The minimum absolute atomic E-state index is 0.0384. The van der Waals surface area contributed by atoms with Gasteiger partial charge in [-0.3, -0.25) is 4.98 Å². The molecule has 2 N–H and O–H groups in total. The lowest BCUT2D eigenvalue weighted by molar-refractivity contribution is 0.317. The number of aromatic nitrogens is 2. The second-order valence-corrected chi connectivity index (χ2v) is 7.73. The van der Waals surface area contributed by atoms with E-state index in [9.17, 15) is 5.21 Å². The molecule has 0 bridgehead atoms. The minimum Gasteiger partial charge on any atom is -0.411 e. The molecule has 2 aromatic heterocycles. The van der Waals surface area contributed by atoms with Crippen molar-refractivity contribution in [1.82, 2.24) is 9.97 Å². The predicted octanol–water partition coefficient (Wildman–Crippen LogP) is 5.34. The van der Waals surface area contributed by atoms with E-state index in [1.54, 1.807) is 12.4 Å². The van der Waals surface area contributed by atoms with Gasteiger partial charge in [-0.25, -0.2) is 0 Å². The maximum atomic E-state index is 9.83. The lowest BCUT2D eigenvalue weighted by Gasteiger charge is -2.21. The Bertz CT molecular complexity index is 1160. The van der Waals surface area contributed by atoms with E-state index in [2.05, 4.69) is 69.4 Å². The second-order valence-electron chi connectivity index (χ2n) is 7.73. The number of para-hydroxylation sites is 1. The van der Waals surface area contributed by atoms with Gasteiger partial charge in [-0.15, -0.1) is 0 Å². The number of pyridine rings is 1. The molecular weight excluding hydrogens is 372 g/mol. The molecule has 0 fully saturated rings. The third kappa shape index (κ3) is 3.79. The van der Waals surface area contributed by atoms with Crippen LogP contribution in [0.2, 0.25) is 0 Å². The third-order valence-corrected chi connectivity index (χ3v) is 5.64. The summed E-state index contributed by atoms with van der Waals surface area (Å²) < 4.78 is 0. The van der Waals surface area contributed by atoms with Crippen LogP contribution in [0.1, 0.15) is 34.7 Å². The number of fused-ring (bicyclic) bond motifs is 1. The largest absolute Gasteiger partial charge is 0.411 e. The SMILES string of the molecule is Cc1[nH]c2ccccc2c1C(C/C(=N/O)c1ccncc1)c1ccc(N(C)C)cc1. The van der Waals surface area contributed by atoms with Crippen molar-refractivity contribution < 1.29 is 5.21 Å². The van der Waals surface area contributed by atoms with Crippen LogP contribution >= 0.6 is 0 Å². The summed E-state index contributed by atoms with van der Waals surface area (Å²) in [5.41, 5.74) is 7.33. The summed E-state index contributed by atoms with van der Waals surface area (Å²) in [6.45, 7) is 2.11. The van der Waals surface area contributed by atoms with E-state index in [0.29, 0.717) is 12.1 Å². The highest BCUT2D eigenvalue weighted by Gasteiger charge is 2.24. The summed E-state index contributed by atoms with van der Waals surface area (Å²) in [6, 6.07) is 20.7. The van der Waals surface area contributed by atoms with Crippen LogP contribution in [0, 0.1) is 6.92 Å². The summed E-state index contributed by atoms with van der Waals surface area (Å²) in [4.78, 5) is 9.69. The van der Waals surface area contributed by atoms with Crippen molar-refractivity contribution in [3.8, 4) is 0 Å². The molecule has 0 saturated carbocycles. The standard InChI is InChI=1S/C25H26N4O/c1-17-25(21-6-4-5-7-23(21)27-17)22(18-8-10-20(11-9-18)29(2)3)16-24(28-30)19-12-14-26-15-13-19/h4-15,22,27,30H,16H2,1-3H3/b28-24-. The van der Waals surface area contributed by atoms with Crippen molar-refractivity contribution in [3.63, 3.8) is 0 Å². The van der Waals surface area contributed by atoms with Crippen molar-refractivity contribution in [2.75, 3.05) is 19.0 Å². The van der Waals surface area contributed by atoms with Crippen molar-refractivity contribution in [3.05, 3.63) is 95.4 Å². The molecule has 30 heavy (non-hydrogen) atoms. The van der Waals surface area contributed by atoms with Crippen LogP contribution in [0.4, 0.5) is 5.69 Å². The molecular formula is C25H26N4O. The number of nitrogens with zero attached hydrogens (tertiary/aromatic N) is 3. The van der Waals surface area contributed by atoms with Gasteiger partial charge in [0.25, 0.3) is 0 Å². The van der Waals surface area contributed by atoms with Crippen molar-refractivity contribution in [1.29, 1.82) is 0 Å². The number of aromatic amines is 1. The molecule has 0 amide bonds. The molecule has 0 aliphatic carbocycles. The normalized spacial score (nSPS) is 12.8. The number of oxime groups is 1. The van der Waals surface area contributed by atoms with Gasteiger partial charge in [0.15, 0.2) is 0 Å². The molecule has 0 aliphatic heterocycles. The van der Waals surface area contributed by atoms with Crippen molar-refractivity contribution in [2.24, 2.45) is 5.16 Å². The molecule has 0 saturated heterocycles. The second kappa shape index (κ2) is 8.41. The Morgan fingerprint density at radius 1 is 1.03 bits per heavy atom. The summed E-state index contributed by atoms with van der Waals surface area (Å²) in [5.74, 6) is 0.0384. The highest BCUT2D eigenvalue weighted by Crippen LogP contribution is 2.37. The van der Waals surface area contributed by atoms with Crippen LogP contribution in [-0.2, 0) is 0 Å². The van der Waals surface area contributed by atoms with Crippen LogP contribution in [0.15, 0.2) is 78.2 Å². The number of rotatable bonds is 6. The Labute approximate surface area is 176 Å². The first-order chi connectivity index (χ1) is 14.6. The number of nitrogens with one attached hydrogen (secondary N) is 1. The highest BCUT2D eigenvalue weighted by molar-refractivity contribution is 6.01. The zero-order chi connectivity index (χ0) is 21.1. The zero-order valence-corrected chi connectivity index (χ0v) is 17.5. The van der Waals surface area contributed by atoms with E-state index in [-0.39, 0.29) is 5.92 Å². The molecule has 0 radical (unpaired) electrons. The summed E-state index contributed by atoms with van der Waals surface area (Å²) in [6.07, 6.45) is 4.02. The van der Waals surface area contributed by atoms with Crippen molar-refractivity contribution >= 4 is 22.3 Å². The summed E-state index contributed by atoms with van der Waals surface area (Å²) in [5, 5.41) is 14.7. The van der Waals surface area contributed by atoms with Crippen LogP contribution in [0.3, 0.4) is 0 Å². The molecule has 2 aromatic carbocycles. The topological polar surface area (TPSA) is 64.5 Å². The van der Waals surface area contributed by atoms with Gasteiger partial charge in [-0.1, -0.05) is 35.5 Å². The first kappa shape index (κ1) is 19.7. The molecule has 5 nitrogen and oxygen atoms in total. The molecule has 5 heteroatoms. The Kier molecular flexibility index (Phi) is 5.53. The van der Waals surface area contributed by atoms with E-state index in [1.807, 2.05) is 32.3 Å². The monoisotopic (exact) mass is 398 g/mol. The van der Waals surface area contributed by atoms with Crippen LogP contribution in [-0.4, -0.2) is 35.0 Å². The maximum absolute atomic E-state index is 9.83. The van der Waals surface area contributed by atoms with Gasteiger partial charge in [0.05, 0.1) is 5.71 Å². The molecule has 4 aromatic rings. The zero-order valence-electron chi connectivity index (χ0n) is 17.5. The third-order valence-electron chi connectivity index (χ3n) is 5.64. The molecule has 1 atom stereocenters. The average Bonchev–Trinajstić information content (AvgIpc) is 3.11. The highest BCUT2D eigenvalue weighted by atomic mass is 16.4. The lowest BCUT2D eigenvalue weighted by atomic mass is 9.84. The first-order valence-electron chi connectivity index (χ1n) is 10.0. The fraction of sp³-hybridized carbons (Fsp3) is 0.200. The van der Waals surface area contributed by atoms with Crippen molar-refractivity contribution in [2.45, 2.75) is 19.3 Å². The van der Waals surface area contributed by atoms with Gasteiger partial charge in [0.1, 0.15) is 0 Å². The Morgan fingerprint density at radius 2 is 1.73 bits per heavy atom. The Balaban J connectivity index is 1.83. The number of aryl methyl sites for hydroxylation is 1. The summed E-state index contributed by atoms with van der Waals surface area (Å²) >= 11 is 0. The quantitative estimate of drug-likeness (QED) is 0.262.